The topological polar surface area (TPSA) is 48.4 Å². The van der Waals surface area contributed by atoms with Gasteiger partial charge in [-0.15, -0.1) is 11.3 Å². The first-order valence-electron chi connectivity index (χ1n) is 8.72. The van der Waals surface area contributed by atoms with Crippen LogP contribution >= 0.6 is 11.3 Å². The molecular formula is C19H27N3OS. The Balaban J connectivity index is 1.56. The summed E-state index contributed by atoms with van der Waals surface area (Å²) in [6, 6.07) is 9.10. The number of hydrogen-bond donors (Lipinski definition) is 2. The fourth-order valence-corrected chi connectivity index (χ4v) is 3.96. The first-order chi connectivity index (χ1) is 11.5. The molecule has 0 saturated carbocycles. The van der Waals surface area contributed by atoms with E-state index in [4.69, 9.17) is 0 Å². The molecule has 0 aliphatic carbocycles. The lowest BCUT2D eigenvalue weighted by molar-refractivity contribution is 0.145. The average Bonchev–Trinajstić information content (AvgIpc) is 2.92. The minimum atomic E-state index is -0.122. The largest absolute Gasteiger partial charge is 0.393 e. The molecule has 4 nitrogen and oxygen atoms in total. The fourth-order valence-electron chi connectivity index (χ4n) is 3.07. The molecule has 2 aromatic rings. The van der Waals surface area contributed by atoms with Gasteiger partial charge in [-0.3, -0.25) is 0 Å². The maximum Gasteiger partial charge on any atom is 0.107 e. The molecule has 3 rings (SSSR count). The van der Waals surface area contributed by atoms with Gasteiger partial charge in [0.2, 0.25) is 0 Å². The van der Waals surface area contributed by atoms with E-state index >= 15 is 0 Å². The lowest BCUT2D eigenvalue weighted by Gasteiger charge is -2.31. The highest BCUT2D eigenvalue weighted by Crippen LogP contribution is 2.23. The molecule has 2 heterocycles. The van der Waals surface area contributed by atoms with E-state index in [1.54, 1.807) is 11.3 Å². The SMILES string of the molecule is Cc1nc(CNC(C)c2ccc(N3CCC(O)CC3)cc2)sc1C. The van der Waals surface area contributed by atoms with Crippen LogP contribution in [0.25, 0.3) is 0 Å². The van der Waals surface area contributed by atoms with Crippen LogP contribution in [0.2, 0.25) is 0 Å². The molecule has 1 aliphatic rings. The van der Waals surface area contributed by atoms with Gasteiger partial charge in [-0.2, -0.15) is 0 Å². The molecule has 1 atom stereocenters. The van der Waals surface area contributed by atoms with E-state index < -0.39 is 0 Å². The van der Waals surface area contributed by atoms with Crippen LogP contribution in [0, 0.1) is 13.8 Å². The molecule has 1 aromatic carbocycles. The van der Waals surface area contributed by atoms with Crippen LogP contribution in [0.5, 0.6) is 0 Å². The Morgan fingerprint density at radius 1 is 1.25 bits per heavy atom. The number of nitrogens with zero attached hydrogens (tertiary/aromatic N) is 2. The smallest absolute Gasteiger partial charge is 0.107 e. The van der Waals surface area contributed by atoms with Gasteiger partial charge >= 0.3 is 0 Å². The van der Waals surface area contributed by atoms with Gasteiger partial charge in [0, 0.05) is 36.2 Å². The van der Waals surface area contributed by atoms with Crippen LogP contribution in [0.4, 0.5) is 5.69 Å². The number of thiazole rings is 1. The molecule has 1 saturated heterocycles. The third-order valence-corrected chi connectivity index (χ3v) is 5.93. The Kier molecular flexibility index (Phi) is 5.54. The van der Waals surface area contributed by atoms with E-state index in [9.17, 15) is 5.11 Å². The van der Waals surface area contributed by atoms with Gasteiger partial charge in [-0.1, -0.05) is 12.1 Å². The third-order valence-electron chi connectivity index (χ3n) is 4.86. The Morgan fingerprint density at radius 2 is 1.92 bits per heavy atom. The number of nitrogens with one attached hydrogen (secondary N) is 1. The number of rotatable bonds is 5. The number of aliphatic hydroxyl groups excluding tert-OH is 1. The second-order valence-corrected chi connectivity index (χ2v) is 7.95. The fraction of sp³-hybridized carbons (Fsp3) is 0.526. The van der Waals surface area contributed by atoms with Crippen molar-refractivity contribution in [3.63, 3.8) is 0 Å². The Hall–Kier alpha value is -1.43. The van der Waals surface area contributed by atoms with E-state index in [0.717, 1.165) is 43.2 Å². The molecule has 0 amide bonds. The maximum atomic E-state index is 9.62. The van der Waals surface area contributed by atoms with Gasteiger partial charge in [-0.05, 0) is 51.3 Å². The molecule has 1 fully saturated rings. The second kappa shape index (κ2) is 7.64. The normalized spacial score (nSPS) is 17.2. The number of aliphatic hydroxyl groups is 1. The molecule has 2 N–H and O–H groups in total. The zero-order valence-corrected chi connectivity index (χ0v) is 15.6. The molecule has 1 aromatic heterocycles. The Morgan fingerprint density at radius 3 is 2.50 bits per heavy atom. The van der Waals surface area contributed by atoms with Gasteiger partial charge < -0.3 is 15.3 Å². The maximum absolute atomic E-state index is 9.62. The number of anilines is 1. The molecular weight excluding hydrogens is 318 g/mol. The van der Waals surface area contributed by atoms with Crippen molar-refractivity contribution in [2.45, 2.75) is 52.3 Å². The summed E-state index contributed by atoms with van der Waals surface area (Å²) in [5, 5.41) is 14.3. The zero-order valence-electron chi connectivity index (χ0n) is 14.7. The van der Waals surface area contributed by atoms with Crippen molar-refractivity contribution in [1.82, 2.24) is 10.3 Å². The predicted octanol–water partition coefficient (Wildman–Crippen LogP) is 3.57. The van der Waals surface area contributed by atoms with Crippen molar-refractivity contribution in [3.8, 4) is 0 Å². The number of aromatic nitrogens is 1. The summed E-state index contributed by atoms with van der Waals surface area (Å²) in [7, 11) is 0. The van der Waals surface area contributed by atoms with Crippen LogP contribution in [-0.4, -0.2) is 29.3 Å². The molecule has 0 spiro atoms. The summed E-state index contributed by atoms with van der Waals surface area (Å²) in [6.07, 6.45) is 1.61. The van der Waals surface area contributed by atoms with Crippen molar-refractivity contribution in [2.24, 2.45) is 0 Å². The third kappa shape index (κ3) is 4.15. The van der Waals surface area contributed by atoms with Crippen molar-refractivity contribution < 1.29 is 5.11 Å². The Labute approximate surface area is 148 Å². The molecule has 0 radical (unpaired) electrons. The van der Waals surface area contributed by atoms with Crippen LogP contribution in [0.15, 0.2) is 24.3 Å². The number of aryl methyl sites for hydroxylation is 2. The van der Waals surface area contributed by atoms with Crippen molar-refractivity contribution in [1.29, 1.82) is 0 Å². The van der Waals surface area contributed by atoms with Gasteiger partial charge in [0.1, 0.15) is 5.01 Å². The van der Waals surface area contributed by atoms with Gasteiger partial charge in [0.25, 0.3) is 0 Å². The molecule has 5 heteroatoms. The van der Waals surface area contributed by atoms with Crippen LogP contribution in [0.3, 0.4) is 0 Å². The molecule has 1 aliphatic heterocycles. The summed E-state index contributed by atoms with van der Waals surface area (Å²) in [5.41, 5.74) is 3.69. The summed E-state index contributed by atoms with van der Waals surface area (Å²) in [4.78, 5) is 8.24. The first-order valence-corrected chi connectivity index (χ1v) is 9.54. The average molecular weight is 346 g/mol. The number of hydrogen-bond acceptors (Lipinski definition) is 5. The Bertz CT molecular complexity index is 640. The number of piperidine rings is 1. The van der Waals surface area contributed by atoms with Gasteiger partial charge in [-0.25, -0.2) is 4.98 Å². The molecule has 0 bridgehead atoms. The summed E-state index contributed by atoms with van der Waals surface area (Å²) in [5.74, 6) is 0. The lowest BCUT2D eigenvalue weighted by Crippen LogP contribution is -2.35. The minimum Gasteiger partial charge on any atom is -0.393 e. The van der Waals surface area contributed by atoms with E-state index in [0.29, 0.717) is 6.04 Å². The van der Waals surface area contributed by atoms with E-state index in [1.807, 2.05) is 0 Å². The van der Waals surface area contributed by atoms with E-state index in [1.165, 1.54) is 16.1 Å². The second-order valence-electron chi connectivity index (χ2n) is 6.66. The molecule has 24 heavy (non-hydrogen) atoms. The highest BCUT2D eigenvalue weighted by molar-refractivity contribution is 7.11. The van der Waals surface area contributed by atoms with Crippen LogP contribution < -0.4 is 10.2 Å². The highest BCUT2D eigenvalue weighted by Gasteiger charge is 2.17. The quantitative estimate of drug-likeness (QED) is 0.870. The van der Waals surface area contributed by atoms with Gasteiger partial charge in [0.15, 0.2) is 0 Å². The minimum absolute atomic E-state index is 0.122. The monoisotopic (exact) mass is 345 g/mol. The molecule has 130 valence electrons. The standard InChI is InChI=1S/C19H27N3OS/c1-13-15(3)24-19(21-13)12-20-14(2)16-4-6-17(7-5-16)22-10-8-18(23)9-11-22/h4-7,14,18,20,23H,8-12H2,1-3H3. The predicted molar refractivity (Wildman–Crippen MR) is 101 cm³/mol. The first kappa shape index (κ1) is 17.4. The van der Waals surface area contributed by atoms with E-state index in [2.05, 4.69) is 60.2 Å². The summed E-state index contributed by atoms with van der Waals surface area (Å²) in [6.45, 7) is 9.08. The van der Waals surface area contributed by atoms with Crippen LogP contribution in [-0.2, 0) is 6.54 Å². The zero-order chi connectivity index (χ0) is 17.1. The van der Waals surface area contributed by atoms with Crippen molar-refractivity contribution >= 4 is 17.0 Å². The highest BCUT2D eigenvalue weighted by atomic mass is 32.1. The molecule has 1 unspecified atom stereocenters. The summed E-state index contributed by atoms with van der Waals surface area (Å²) < 4.78 is 0. The summed E-state index contributed by atoms with van der Waals surface area (Å²) >= 11 is 1.77. The van der Waals surface area contributed by atoms with Crippen LogP contribution in [0.1, 0.15) is 46.9 Å². The number of benzene rings is 1. The van der Waals surface area contributed by atoms with Crippen molar-refractivity contribution in [2.75, 3.05) is 18.0 Å². The van der Waals surface area contributed by atoms with Gasteiger partial charge in [0.05, 0.1) is 11.8 Å². The lowest BCUT2D eigenvalue weighted by atomic mass is 10.0. The van der Waals surface area contributed by atoms with Crippen molar-refractivity contribution in [3.05, 3.63) is 45.4 Å². The van der Waals surface area contributed by atoms with E-state index in [-0.39, 0.29) is 6.10 Å².